The summed E-state index contributed by atoms with van der Waals surface area (Å²) in [6.07, 6.45) is 0. The summed E-state index contributed by atoms with van der Waals surface area (Å²) in [5, 5.41) is 10.6. The van der Waals surface area contributed by atoms with Crippen LogP contribution in [0.25, 0.3) is 0 Å². The molecular weight excluding hydrogens is 299 g/mol. The minimum Gasteiger partial charge on any atom is -0.397 e. The number of benzene rings is 1. The molecule has 0 aliphatic heterocycles. The van der Waals surface area contributed by atoms with Gasteiger partial charge in [-0.3, -0.25) is 14.9 Å². The van der Waals surface area contributed by atoms with Gasteiger partial charge in [-0.25, -0.2) is 0 Å². The molecule has 74 valence electrons. The first-order valence-corrected chi connectivity index (χ1v) is 4.76. The summed E-state index contributed by atoms with van der Waals surface area (Å²) in [6.45, 7) is 1.26. The Labute approximate surface area is 93.6 Å². The molecular formula is C8H7IN2O3. The van der Waals surface area contributed by atoms with Crippen LogP contribution in [-0.4, -0.2) is 10.7 Å². The molecule has 0 saturated heterocycles. The van der Waals surface area contributed by atoms with E-state index in [2.05, 4.69) is 0 Å². The van der Waals surface area contributed by atoms with Gasteiger partial charge in [0.1, 0.15) is 5.56 Å². The molecule has 0 atom stereocenters. The van der Waals surface area contributed by atoms with Crippen LogP contribution in [-0.2, 0) is 0 Å². The lowest BCUT2D eigenvalue weighted by atomic mass is 10.1. The van der Waals surface area contributed by atoms with E-state index in [1.54, 1.807) is 0 Å². The van der Waals surface area contributed by atoms with Crippen LogP contribution in [0.4, 0.5) is 11.4 Å². The van der Waals surface area contributed by atoms with E-state index in [1.165, 1.54) is 19.1 Å². The molecule has 2 N–H and O–H groups in total. The SMILES string of the molecule is CC(=O)c1c([N+](=O)[O-])ccc(I)c1N. The molecule has 0 amide bonds. The Morgan fingerprint density at radius 3 is 2.57 bits per heavy atom. The predicted molar refractivity (Wildman–Crippen MR) is 60.2 cm³/mol. The van der Waals surface area contributed by atoms with Gasteiger partial charge in [0.25, 0.3) is 5.69 Å². The normalized spacial score (nSPS) is 9.86. The number of carbonyl (C=O) groups is 1. The average molecular weight is 306 g/mol. The Kier molecular flexibility index (Phi) is 3.04. The van der Waals surface area contributed by atoms with Crippen LogP contribution in [0.1, 0.15) is 17.3 Å². The fourth-order valence-electron chi connectivity index (χ4n) is 1.10. The highest BCUT2D eigenvalue weighted by Gasteiger charge is 2.21. The Hall–Kier alpha value is -1.18. The molecule has 0 fully saturated rings. The number of Topliss-reactive ketones (excluding diaryl/α,β-unsaturated/α-hetero) is 1. The number of anilines is 1. The molecule has 0 heterocycles. The van der Waals surface area contributed by atoms with E-state index in [0.717, 1.165) is 0 Å². The summed E-state index contributed by atoms with van der Waals surface area (Å²) in [4.78, 5) is 21.1. The van der Waals surface area contributed by atoms with Crippen LogP contribution < -0.4 is 5.73 Å². The maximum absolute atomic E-state index is 11.2. The van der Waals surface area contributed by atoms with Crippen molar-refractivity contribution in [1.82, 2.24) is 0 Å². The molecule has 0 aromatic heterocycles. The van der Waals surface area contributed by atoms with Crippen molar-refractivity contribution < 1.29 is 9.72 Å². The van der Waals surface area contributed by atoms with Gasteiger partial charge in [-0.2, -0.15) is 0 Å². The highest BCUT2D eigenvalue weighted by molar-refractivity contribution is 14.1. The van der Waals surface area contributed by atoms with E-state index in [9.17, 15) is 14.9 Å². The van der Waals surface area contributed by atoms with E-state index in [0.29, 0.717) is 3.57 Å². The van der Waals surface area contributed by atoms with Gasteiger partial charge < -0.3 is 5.73 Å². The van der Waals surface area contributed by atoms with Gasteiger partial charge >= 0.3 is 0 Å². The first-order valence-electron chi connectivity index (χ1n) is 3.68. The van der Waals surface area contributed by atoms with E-state index in [1.807, 2.05) is 22.6 Å². The molecule has 0 unspecified atom stereocenters. The summed E-state index contributed by atoms with van der Waals surface area (Å²) in [5.41, 5.74) is 5.51. The van der Waals surface area contributed by atoms with E-state index in [-0.39, 0.29) is 16.9 Å². The molecule has 0 aliphatic rings. The minimum atomic E-state index is -0.608. The van der Waals surface area contributed by atoms with Gasteiger partial charge in [-0.05, 0) is 35.6 Å². The zero-order chi connectivity index (χ0) is 10.9. The maximum atomic E-state index is 11.2. The smallest absolute Gasteiger partial charge is 0.282 e. The van der Waals surface area contributed by atoms with Gasteiger partial charge in [-0.1, -0.05) is 0 Å². The third-order valence-electron chi connectivity index (χ3n) is 1.72. The maximum Gasteiger partial charge on any atom is 0.282 e. The Morgan fingerprint density at radius 1 is 1.57 bits per heavy atom. The fourth-order valence-corrected chi connectivity index (χ4v) is 1.55. The van der Waals surface area contributed by atoms with Crippen molar-refractivity contribution in [2.45, 2.75) is 6.92 Å². The molecule has 1 aromatic rings. The van der Waals surface area contributed by atoms with E-state index >= 15 is 0 Å². The number of nitro benzene ring substituents is 1. The van der Waals surface area contributed by atoms with Crippen LogP contribution in [0.3, 0.4) is 0 Å². The molecule has 0 aliphatic carbocycles. The zero-order valence-electron chi connectivity index (χ0n) is 7.28. The number of ketones is 1. The van der Waals surface area contributed by atoms with E-state index in [4.69, 9.17) is 5.73 Å². The summed E-state index contributed by atoms with van der Waals surface area (Å²) in [5.74, 6) is -0.396. The Balaban J connectivity index is 3.53. The highest BCUT2D eigenvalue weighted by Crippen LogP contribution is 2.28. The monoisotopic (exact) mass is 306 g/mol. The van der Waals surface area contributed by atoms with Crippen LogP contribution in [0.15, 0.2) is 12.1 Å². The van der Waals surface area contributed by atoms with Crippen molar-refractivity contribution in [3.05, 3.63) is 31.4 Å². The molecule has 14 heavy (non-hydrogen) atoms. The third-order valence-corrected chi connectivity index (χ3v) is 2.66. The number of carbonyl (C=O) groups excluding carboxylic acids is 1. The third kappa shape index (κ3) is 1.84. The Morgan fingerprint density at radius 2 is 2.14 bits per heavy atom. The van der Waals surface area contributed by atoms with Crippen molar-refractivity contribution in [1.29, 1.82) is 0 Å². The van der Waals surface area contributed by atoms with Crippen LogP contribution in [0.2, 0.25) is 0 Å². The number of nitrogens with two attached hydrogens (primary N) is 1. The van der Waals surface area contributed by atoms with Crippen LogP contribution in [0, 0.1) is 13.7 Å². The van der Waals surface area contributed by atoms with Gasteiger partial charge in [0.05, 0.1) is 10.6 Å². The molecule has 0 spiro atoms. The molecule has 0 bridgehead atoms. The second-order valence-corrected chi connectivity index (χ2v) is 3.83. The summed E-state index contributed by atoms with van der Waals surface area (Å²) in [7, 11) is 0. The summed E-state index contributed by atoms with van der Waals surface area (Å²) < 4.78 is 0.637. The predicted octanol–water partition coefficient (Wildman–Crippen LogP) is 1.98. The number of nitrogen functional groups attached to an aromatic ring is 1. The fraction of sp³-hybridized carbons (Fsp3) is 0.125. The first kappa shape index (κ1) is 10.9. The van der Waals surface area contributed by atoms with Gasteiger partial charge in [-0.15, -0.1) is 0 Å². The number of rotatable bonds is 2. The number of nitro groups is 1. The van der Waals surface area contributed by atoms with Gasteiger partial charge in [0.2, 0.25) is 0 Å². The lowest BCUT2D eigenvalue weighted by Gasteiger charge is -2.04. The van der Waals surface area contributed by atoms with Gasteiger partial charge in [0.15, 0.2) is 5.78 Å². The zero-order valence-corrected chi connectivity index (χ0v) is 9.44. The summed E-state index contributed by atoms with van der Waals surface area (Å²) in [6, 6.07) is 2.80. The van der Waals surface area contributed by atoms with E-state index < -0.39 is 10.7 Å². The lowest BCUT2D eigenvalue weighted by Crippen LogP contribution is -2.06. The molecule has 1 aromatic carbocycles. The Bertz CT molecular complexity index is 417. The van der Waals surface area contributed by atoms with Crippen LogP contribution in [0.5, 0.6) is 0 Å². The van der Waals surface area contributed by atoms with Crippen molar-refractivity contribution in [2.24, 2.45) is 0 Å². The molecule has 0 radical (unpaired) electrons. The first-order chi connectivity index (χ1) is 6.45. The standard InChI is InChI=1S/C8H7IN2O3/c1-4(12)7-6(11(13)14)3-2-5(9)8(7)10/h2-3H,10H2,1H3. The molecule has 5 nitrogen and oxygen atoms in total. The van der Waals surface area contributed by atoms with Crippen molar-refractivity contribution in [2.75, 3.05) is 5.73 Å². The molecule has 1 rings (SSSR count). The number of halogens is 1. The quantitative estimate of drug-likeness (QED) is 0.298. The number of hydrogen-bond acceptors (Lipinski definition) is 4. The van der Waals surface area contributed by atoms with Gasteiger partial charge in [0, 0.05) is 9.64 Å². The van der Waals surface area contributed by atoms with Crippen LogP contribution >= 0.6 is 22.6 Å². The minimum absolute atomic E-state index is 0.0121. The topological polar surface area (TPSA) is 86.2 Å². The largest absolute Gasteiger partial charge is 0.397 e. The van der Waals surface area contributed by atoms with Crippen molar-refractivity contribution >= 4 is 39.7 Å². The van der Waals surface area contributed by atoms with Crippen molar-refractivity contribution in [3.63, 3.8) is 0 Å². The second-order valence-electron chi connectivity index (χ2n) is 2.67. The average Bonchev–Trinajstić information content (AvgIpc) is 2.08. The lowest BCUT2D eigenvalue weighted by molar-refractivity contribution is -0.385. The molecule has 6 heteroatoms. The summed E-state index contributed by atoms with van der Waals surface area (Å²) >= 11 is 1.92. The highest BCUT2D eigenvalue weighted by atomic mass is 127. The van der Waals surface area contributed by atoms with Crippen molar-refractivity contribution in [3.8, 4) is 0 Å². The number of hydrogen-bond donors (Lipinski definition) is 1. The number of nitrogens with zero attached hydrogens (tertiary/aromatic N) is 1. The second kappa shape index (κ2) is 3.91. The molecule has 0 saturated carbocycles.